The summed E-state index contributed by atoms with van der Waals surface area (Å²) in [5, 5.41) is 9.39. The van der Waals surface area contributed by atoms with E-state index in [1.807, 2.05) is 26.0 Å². The molecule has 18 heavy (non-hydrogen) atoms. The first-order valence-electron chi connectivity index (χ1n) is 6.55. The highest BCUT2D eigenvalue weighted by molar-refractivity contribution is 6.06. The highest BCUT2D eigenvalue weighted by Gasteiger charge is 2.54. The number of fused-ring (bicyclic) bond motifs is 1. The Kier molecular flexibility index (Phi) is 3.25. The zero-order valence-electron chi connectivity index (χ0n) is 10.8. The maximum Gasteiger partial charge on any atom is 0.234 e. The van der Waals surface area contributed by atoms with E-state index in [0.29, 0.717) is 25.7 Å². The Morgan fingerprint density at radius 3 is 2.00 bits per heavy atom. The molecule has 0 radical (unpaired) electrons. The van der Waals surface area contributed by atoms with E-state index < -0.39 is 5.54 Å². The molecule has 1 heterocycles. The number of likely N-dealkylation sites (tertiary alicyclic amines) is 1. The molecule has 2 aliphatic rings. The van der Waals surface area contributed by atoms with Crippen LogP contribution in [0.2, 0.25) is 0 Å². The number of allylic oxidation sites excluding steroid dienone is 2. The van der Waals surface area contributed by atoms with Crippen LogP contribution in [0.5, 0.6) is 0 Å². The maximum absolute atomic E-state index is 12.4. The number of imide groups is 1. The first-order chi connectivity index (χ1) is 8.61. The van der Waals surface area contributed by atoms with Crippen molar-refractivity contribution in [1.82, 2.24) is 4.90 Å². The van der Waals surface area contributed by atoms with Crippen LogP contribution in [-0.2, 0) is 9.59 Å². The molecule has 1 fully saturated rings. The van der Waals surface area contributed by atoms with E-state index in [1.54, 1.807) is 0 Å². The SMILES string of the molecule is CCC(C#N)(CC)N1C(=O)C2CC=CCC2C1=O. The van der Waals surface area contributed by atoms with Crippen LogP contribution in [0.15, 0.2) is 12.2 Å². The highest BCUT2D eigenvalue weighted by atomic mass is 16.2. The molecule has 4 nitrogen and oxygen atoms in total. The molecule has 0 saturated carbocycles. The summed E-state index contributed by atoms with van der Waals surface area (Å²) < 4.78 is 0. The Labute approximate surface area is 107 Å². The van der Waals surface area contributed by atoms with E-state index in [2.05, 4.69) is 6.07 Å². The molecule has 2 unspecified atom stereocenters. The molecular weight excluding hydrogens is 228 g/mol. The van der Waals surface area contributed by atoms with E-state index in [1.165, 1.54) is 4.90 Å². The molecule has 0 aromatic rings. The van der Waals surface area contributed by atoms with Crippen LogP contribution in [-0.4, -0.2) is 22.3 Å². The summed E-state index contributed by atoms with van der Waals surface area (Å²) in [6, 6.07) is 2.19. The number of hydrogen-bond donors (Lipinski definition) is 0. The van der Waals surface area contributed by atoms with Crippen LogP contribution in [0, 0.1) is 23.2 Å². The third-order valence-corrected chi connectivity index (χ3v) is 4.31. The monoisotopic (exact) mass is 246 g/mol. The van der Waals surface area contributed by atoms with E-state index in [9.17, 15) is 14.9 Å². The predicted molar refractivity (Wildman–Crippen MR) is 66.1 cm³/mol. The quantitative estimate of drug-likeness (QED) is 0.565. The third kappa shape index (κ3) is 1.58. The minimum atomic E-state index is -0.953. The smallest absolute Gasteiger partial charge is 0.234 e. The van der Waals surface area contributed by atoms with Gasteiger partial charge in [0.15, 0.2) is 0 Å². The Morgan fingerprint density at radius 2 is 1.67 bits per heavy atom. The van der Waals surface area contributed by atoms with Crippen molar-refractivity contribution in [3.05, 3.63) is 12.2 Å². The Bertz CT molecular complexity index is 417. The van der Waals surface area contributed by atoms with Gasteiger partial charge in [-0.1, -0.05) is 26.0 Å². The van der Waals surface area contributed by atoms with Crippen molar-refractivity contribution in [2.45, 2.75) is 45.1 Å². The van der Waals surface area contributed by atoms with Gasteiger partial charge in [0.2, 0.25) is 11.8 Å². The van der Waals surface area contributed by atoms with Gasteiger partial charge in [-0.2, -0.15) is 5.26 Å². The molecule has 1 saturated heterocycles. The van der Waals surface area contributed by atoms with Gasteiger partial charge in [0, 0.05) is 0 Å². The number of rotatable bonds is 3. The summed E-state index contributed by atoms with van der Waals surface area (Å²) in [7, 11) is 0. The van der Waals surface area contributed by atoms with E-state index in [4.69, 9.17) is 0 Å². The van der Waals surface area contributed by atoms with Gasteiger partial charge in [-0.15, -0.1) is 0 Å². The minimum Gasteiger partial charge on any atom is -0.274 e. The second-order valence-corrected chi connectivity index (χ2v) is 5.02. The molecule has 2 rings (SSSR count). The Hall–Kier alpha value is -1.63. The fraction of sp³-hybridized carbons (Fsp3) is 0.643. The lowest BCUT2D eigenvalue weighted by atomic mass is 9.85. The van der Waals surface area contributed by atoms with Gasteiger partial charge in [0.25, 0.3) is 0 Å². The van der Waals surface area contributed by atoms with Gasteiger partial charge < -0.3 is 0 Å². The van der Waals surface area contributed by atoms with Gasteiger partial charge in [-0.3, -0.25) is 14.5 Å². The van der Waals surface area contributed by atoms with Crippen molar-refractivity contribution < 1.29 is 9.59 Å². The highest BCUT2D eigenvalue weighted by Crippen LogP contribution is 2.40. The molecule has 1 aliphatic heterocycles. The van der Waals surface area contributed by atoms with Crippen molar-refractivity contribution in [2.24, 2.45) is 11.8 Å². The maximum atomic E-state index is 12.4. The van der Waals surface area contributed by atoms with Crippen molar-refractivity contribution in [1.29, 1.82) is 5.26 Å². The molecule has 96 valence electrons. The van der Waals surface area contributed by atoms with Gasteiger partial charge in [0.05, 0.1) is 17.9 Å². The summed E-state index contributed by atoms with van der Waals surface area (Å²) >= 11 is 0. The molecule has 2 atom stereocenters. The fourth-order valence-corrected chi connectivity index (χ4v) is 3.00. The number of hydrogen-bond acceptors (Lipinski definition) is 3. The first kappa shape index (κ1) is 12.8. The second kappa shape index (κ2) is 4.56. The molecule has 0 aromatic carbocycles. The predicted octanol–water partition coefficient (Wildman–Crippen LogP) is 2.02. The molecule has 0 aromatic heterocycles. The van der Waals surface area contributed by atoms with E-state index >= 15 is 0 Å². The lowest BCUT2D eigenvalue weighted by molar-refractivity contribution is -0.145. The average molecular weight is 246 g/mol. The van der Waals surface area contributed by atoms with E-state index in [0.717, 1.165) is 0 Å². The van der Waals surface area contributed by atoms with E-state index in [-0.39, 0.29) is 23.7 Å². The molecular formula is C14H18N2O2. The molecule has 0 bridgehead atoms. The number of nitrogens with zero attached hydrogens (tertiary/aromatic N) is 2. The molecule has 0 N–H and O–H groups in total. The molecule has 4 heteroatoms. The standard InChI is InChI=1S/C14H18N2O2/c1-3-14(4-2,9-15)16-12(17)10-7-5-6-8-11(10)13(16)18/h5-6,10-11H,3-4,7-8H2,1-2H3. The summed E-state index contributed by atoms with van der Waals surface area (Å²) in [4.78, 5) is 26.0. The van der Waals surface area contributed by atoms with Gasteiger partial charge in [-0.25, -0.2) is 0 Å². The lowest BCUT2D eigenvalue weighted by Crippen LogP contribution is -2.50. The number of carbonyl (C=O) groups excluding carboxylic acids is 2. The molecule has 0 spiro atoms. The summed E-state index contributed by atoms with van der Waals surface area (Å²) in [6.07, 6.45) is 6.15. The topological polar surface area (TPSA) is 61.2 Å². The normalized spacial score (nSPS) is 27.3. The third-order valence-electron chi connectivity index (χ3n) is 4.31. The molecule has 1 aliphatic carbocycles. The van der Waals surface area contributed by atoms with Gasteiger partial charge in [-0.05, 0) is 25.7 Å². The summed E-state index contributed by atoms with van der Waals surface area (Å²) in [5.74, 6) is -0.791. The van der Waals surface area contributed by atoms with Crippen molar-refractivity contribution in [3.63, 3.8) is 0 Å². The van der Waals surface area contributed by atoms with Crippen molar-refractivity contribution >= 4 is 11.8 Å². The Morgan fingerprint density at radius 1 is 1.22 bits per heavy atom. The Balaban J connectivity index is 2.39. The number of nitriles is 1. The summed E-state index contributed by atoms with van der Waals surface area (Å²) in [6.45, 7) is 3.71. The van der Waals surface area contributed by atoms with Crippen molar-refractivity contribution in [2.75, 3.05) is 0 Å². The zero-order valence-corrected chi connectivity index (χ0v) is 10.8. The minimum absolute atomic E-state index is 0.153. The first-order valence-corrected chi connectivity index (χ1v) is 6.55. The van der Waals surface area contributed by atoms with Crippen LogP contribution < -0.4 is 0 Å². The van der Waals surface area contributed by atoms with Gasteiger partial charge in [0.1, 0.15) is 5.54 Å². The molecule has 2 amide bonds. The number of carbonyl (C=O) groups is 2. The van der Waals surface area contributed by atoms with Crippen LogP contribution in [0.4, 0.5) is 0 Å². The van der Waals surface area contributed by atoms with Crippen LogP contribution >= 0.6 is 0 Å². The largest absolute Gasteiger partial charge is 0.274 e. The second-order valence-electron chi connectivity index (χ2n) is 5.02. The fourth-order valence-electron chi connectivity index (χ4n) is 3.00. The van der Waals surface area contributed by atoms with Crippen molar-refractivity contribution in [3.8, 4) is 6.07 Å². The van der Waals surface area contributed by atoms with Gasteiger partial charge >= 0.3 is 0 Å². The van der Waals surface area contributed by atoms with Crippen LogP contribution in [0.1, 0.15) is 39.5 Å². The average Bonchev–Trinajstić information content (AvgIpc) is 2.67. The van der Waals surface area contributed by atoms with Crippen LogP contribution in [0.3, 0.4) is 0 Å². The zero-order chi connectivity index (χ0) is 13.3. The number of amides is 2. The lowest BCUT2D eigenvalue weighted by Gasteiger charge is -2.33. The van der Waals surface area contributed by atoms with Crippen LogP contribution in [0.25, 0.3) is 0 Å². The summed E-state index contributed by atoms with van der Waals surface area (Å²) in [5.41, 5.74) is -0.953.